The zero-order valence-electron chi connectivity index (χ0n) is 23.5. The average molecular weight is 608 g/mol. The van der Waals surface area contributed by atoms with Crippen molar-refractivity contribution in [2.75, 3.05) is 18.9 Å². The Morgan fingerprint density at radius 2 is 1.64 bits per heavy atom. The number of halogens is 6. The number of hydrogen-bond acceptors (Lipinski definition) is 5. The van der Waals surface area contributed by atoms with Crippen molar-refractivity contribution in [3.8, 4) is 11.3 Å². The second kappa shape index (κ2) is 11.5. The second-order valence-electron chi connectivity index (χ2n) is 10.8. The molecule has 0 aliphatic heterocycles. The number of aryl methyl sites for hydroxylation is 1. The first kappa shape index (κ1) is 29.6. The van der Waals surface area contributed by atoms with Crippen LogP contribution in [-0.4, -0.2) is 33.4 Å². The van der Waals surface area contributed by atoms with E-state index in [-0.39, 0.29) is 17.3 Å². The van der Waals surface area contributed by atoms with E-state index in [1.165, 1.54) is 47.7 Å². The van der Waals surface area contributed by atoms with Gasteiger partial charge in [-0.3, -0.25) is 9.88 Å². The van der Waals surface area contributed by atoms with E-state index in [1.54, 1.807) is 6.07 Å². The summed E-state index contributed by atoms with van der Waals surface area (Å²) in [5.41, 5.74) is 1.73. The number of fused-ring (bicyclic) bond motifs is 2. The van der Waals surface area contributed by atoms with Gasteiger partial charge in [-0.1, -0.05) is 30.3 Å². The van der Waals surface area contributed by atoms with Crippen molar-refractivity contribution in [2.24, 2.45) is 0 Å². The largest absolute Gasteiger partial charge is 0.418 e. The highest BCUT2D eigenvalue weighted by atomic mass is 19.4. The van der Waals surface area contributed by atoms with Crippen LogP contribution in [0, 0.1) is 0 Å². The summed E-state index contributed by atoms with van der Waals surface area (Å²) in [6, 6.07) is 20.0. The summed E-state index contributed by atoms with van der Waals surface area (Å²) < 4.78 is 80.6. The fraction of sp³-hybridized carbons (Fsp3) is 0.242. The van der Waals surface area contributed by atoms with Gasteiger partial charge in [0.05, 0.1) is 22.3 Å². The van der Waals surface area contributed by atoms with Crippen LogP contribution in [0.25, 0.3) is 22.2 Å². The topological polar surface area (TPSA) is 53.9 Å². The zero-order valence-corrected chi connectivity index (χ0v) is 23.5. The van der Waals surface area contributed by atoms with Gasteiger partial charge >= 0.3 is 12.4 Å². The highest BCUT2D eigenvalue weighted by Crippen LogP contribution is 2.38. The maximum absolute atomic E-state index is 13.8. The Morgan fingerprint density at radius 1 is 0.864 bits per heavy atom. The van der Waals surface area contributed by atoms with E-state index >= 15 is 0 Å². The third kappa shape index (κ3) is 6.10. The fourth-order valence-corrected chi connectivity index (χ4v) is 5.70. The lowest BCUT2D eigenvalue weighted by molar-refractivity contribution is -0.138. The summed E-state index contributed by atoms with van der Waals surface area (Å²) in [7, 11) is 2.03. The molecule has 0 saturated heterocycles. The Bertz CT molecular complexity index is 1800. The molecule has 6 rings (SSSR count). The quantitative estimate of drug-likeness (QED) is 0.188. The Morgan fingerprint density at radius 3 is 2.39 bits per heavy atom. The van der Waals surface area contributed by atoms with Crippen LogP contribution in [-0.2, 0) is 25.2 Å². The van der Waals surface area contributed by atoms with E-state index < -0.39 is 23.5 Å². The molecule has 11 heteroatoms. The predicted molar refractivity (Wildman–Crippen MR) is 156 cm³/mol. The number of aromatic nitrogens is 3. The van der Waals surface area contributed by atoms with Crippen LogP contribution in [0.3, 0.4) is 0 Å². The fourth-order valence-electron chi connectivity index (χ4n) is 5.70. The smallest absolute Gasteiger partial charge is 0.340 e. The molecule has 3 aromatic carbocycles. The van der Waals surface area contributed by atoms with Crippen LogP contribution in [0.15, 0.2) is 85.1 Å². The minimum atomic E-state index is -4.60. The summed E-state index contributed by atoms with van der Waals surface area (Å²) in [5, 5.41) is 3.59. The van der Waals surface area contributed by atoms with Gasteiger partial charge in [-0.25, -0.2) is 9.97 Å². The average Bonchev–Trinajstić information content (AvgIpc) is 3.43. The molecule has 0 fully saturated rings. The van der Waals surface area contributed by atoms with Crippen LogP contribution in [0.2, 0.25) is 0 Å². The molecule has 1 N–H and O–H groups in total. The molecule has 2 heterocycles. The highest BCUT2D eigenvalue weighted by molar-refractivity contribution is 5.93. The number of alkyl halides is 6. The van der Waals surface area contributed by atoms with Gasteiger partial charge in [0.25, 0.3) is 0 Å². The van der Waals surface area contributed by atoms with Gasteiger partial charge in [0.1, 0.15) is 11.6 Å². The van der Waals surface area contributed by atoms with E-state index in [0.29, 0.717) is 41.2 Å². The lowest BCUT2D eigenvalue weighted by Crippen LogP contribution is -2.26. The molecule has 0 saturated carbocycles. The molecule has 1 aliphatic rings. The lowest BCUT2D eigenvalue weighted by atomic mass is 10.0. The molecular formula is C33H27F6N5. The Hall–Kier alpha value is -4.51. The first-order chi connectivity index (χ1) is 21.0. The van der Waals surface area contributed by atoms with Crippen LogP contribution < -0.4 is 5.32 Å². The normalized spacial score (nSPS) is 15.1. The van der Waals surface area contributed by atoms with Gasteiger partial charge in [-0.05, 0) is 79.5 Å². The third-order valence-corrected chi connectivity index (χ3v) is 7.93. The molecule has 0 spiro atoms. The van der Waals surface area contributed by atoms with E-state index in [2.05, 4.69) is 27.3 Å². The summed E-state index contributed by atoms with van der Waals surface area (Å²) in [4.78, 5) is 15.7. The van der Waals surface area contributed by atoms with Crippen LogP contribution >= 0.6 is 0 Å². The highest BCUT2D eigenvalue weighted by Gasteiger charge is 2.34. The minimum absolute atomic E-state index is 0.223. The van der Waals surface area contributed by atoms with Gasteiger partial charge in [0.15, 0.2) is 0 Å². The molecule has 1 unspecified atom stereocenters. The maximum Gasteiger partial charge on any atom is 0.418 e. The SMILES string of the molecule is CN(CCc1nc(Nc2ccc(C(F)(F)F)cc2)c2ccc(-c3ncccc3C(F)(F)F)cc2n1)C1CCc2ccccc21. The Kier molecular flexibility index (Phi) is 7.75. The van der Waals surface area contributed by atoms with Crippen molar-refractivity contribution in [3.63, 3.8) is 0 Å². The molecule has 1 aliphatic carbocycles. The summed E-state index contributed by atoms with van der Waals surface area (Å²) >= 11 is 0. The molecule has 44 heavy (non-hydrogen) atoms. The number of anilines is 2. The molecule has 226 valence electrons. The summed E-state index contributed by atoms with van der Waals surface area (Å²) in [6.07, 6.45) is -5.35. The standard InChI is InChI=1S/C33H27F6N5/c1-44(28-15-9-20-5-2-3-6-24(20)28)18-16-29-42-27-19-21(30-26(33(37,38)39)7-4-17-40-30)8-14-25(27)31(43-29)41-23-12-10-22(11-13-23)32(34,35)36/h2-8,10-14,17,19,28H,9,15-16,18H2,1H3,(H,41,42,43). The van der Waals surface area contributed by atoms with Gasteiger partial charge in [-0.15, -0.1) is 0 Å². The predicted octanol–water partition coefficient (Wildman–Crippen LogP) is 8.63. The molecule has 0 radical (unpaired) electrons. The van der Waals surface area contributed by atoms with Crippen molar-refractivity contribution in [1.29, 1.82) is 0 Å². The molecular weight excluding hydrogens is 580 g/mol. The number of likely N-dealkylation sites (N-methyl/N-ethyl adjacent to an activating group) is 1. The number of nitrogens with one attached hydrogen (secondary N) is 1. The van der Waals surface area contributed by atoms with Crippen molar-refractivity contribution in [1.82, 2.24) is 19.9 Å². The second-order valence-corrected chi connectivity index (χ2v) is 10.8. The molecule has 5 aromatic rings. The van der Waals surface area contributed by atoms with E-state index in [9.17, 15) is 26.3 Å². The van der Waals surface area contributed by atoms with Gasteiger partial charge in [0.2, 0.25) is 0 Å². The molecule has 2 aromatic heterocycles. The lowest BCUT2D eigenvalue weighted by Gasteiger charge is -2.25. The van der Waals surface area contributed by atoms with Crippen molar-refractivity contribution in [3.05, 3.63) is 113 Å². The maximum atomic E-state index is 13.8. The van der Waals surface area contributed by atoms with Gasteiger partial charge < -0.3 is 5.32 Å². The molecule has 1 atom stereocenters. The molecule has 5 nitrogen and oxygen atoms in total. The summed E-state index contributed by atoms with van der Waals surface area (Å²) in [5.74, 6) is 0.779. The van der Waals surface area contributed by atoms with E-state index in [4.69, 9.17) is 9.97 Å². The summed E-state index contributed by atoms with van der Waals surface area (Å²) in [6.45, 7) is 0.613. The molecule has 0 bridgehead atoms. The van der Waals surface area contributed by atoms with Crippen molar-refractivity contribution < 1.29 is 26.3 Å². The first-order valence-corrected chi connectivity index (χ1v) is 14.0. The van der Waals surface area contributed by atoms with E-state index in [1.807, 2.05) is 19.2 Å². The van der Waals surface area contributed by atoms with Crippen LogP contribution in [0.5, 0.6) is 0 Å². The van der Waals surface area contributed by atoms with Gasteiger partial charge in [0, 0.05) is 41.8 Å². The monoisotopic (exact) mass is 607 g/mol. The van der Waals surface area contributed by atoms with Crippen molar-refractivity contribution in [2.45, 2.75) is 37.7 Å². The first-order valence-electron chi connectivity index (χ1n) is 14.0. The number of benzene rings is 3. The molecule has 0 amide bonds. The van der Waals surface area contributed by atoms with Crippen LogP contribution in [0.4, 0.5) is 37.8 Å². The third-order valence-electron chi connectivity index (χ3n) is 7.93. The van der Waals surface area contributed by atoms with E-state index in [0.717, 1.165) is 31.0 Å². The number of pyridine rings is 1. The van der Waals surface area contributed by atoms with Crippen molar-refractivity contribution >= 4 is 22.4 Å². The number of rotatable bonds is 7. The zero-order chi connectivity index (χ0) is 31.1. The number of hydrogen-bond donors (Lipinski definition) is 1. The Balaban J connectivity index is 1.35. The van der Waals surface area contributed by atoms with Crippen LogP contribution in [0.1, 0.15) is 40.5 Å². The number of nitrogens with zero attached hydrogens (tertiary/aromatic N) is 4. The van der Waals surface area contributed by atoms with Gasteiger partial charge in [-0.2, -0.15) is 26.3 Å². The minimum Gasteiger partial charge on any atom is -0.340 e. The Labute approximate surface area is 249 Å².